The van der Waals surface area contributed by atoms with Crippen molar-refractivity contribution in [3.05, 3.63) is 39.3 Å². The summed E-state index contributed by atoms with van der Waals surface area (Å²) in [5.41, 5.74) is 2.08. The van der Waals surface area contributed by atoms with E-state index in [2.05, 4.69) is 20.7 Å². The minimum Gasteiger partial charge on any atom is -0.361 e. The molecule has 0 aliphatic carbocycles. The van der Waals surface area contributed by atoms with Gasteiger partial charge in [0.15, 0.2) is 5.13 Å². The molecule has 2 aromatic heterocycles. The number of hydrogen-bond acceptors (Lipinski definition) is 5. The van der Waals surface area contributed by atoms with E-state index in [1.54, 1.807) is 22.7 Å². The van der Waals surface area contributed by atoms with Crippen molar-refractivity contribution in [3.8, 4) is 0 Å². The van der Waals surface area contributed by atoms with Crippen LogP contribution in [0.15, 0.2) is 23.6 Å². The van der Waals surface area contributed by atoms with E-state index in [-0.39, 0.29) is 0 Å². The van der Waals surface area contributed by atoms with Crippen LogP contribution in [0.5, 0.6) is 0 Å². The molecule has 0 spiro atoms. The fourth-order valence-corrected chi connectivity index (χ4v) is 3.64. The molecule has 0 saturated carbocycles. The van der Waals surface area contributed by atoms with Crippen LogP contribution in [0.25, 0.3) is 10.2 Å². The molecule has 3 aromatic rings. The van der Waals surface area contributed by atoms with Gasteiger partial charge in [-0.15, -0.1) is 11.3 Å². The molecule has 19 heavy (non-hydrogen) atoms. The van der Waals surface area contributed by atoms with Crippen molar-refractivity contribution in [1.82, 2.24) is 9.97 Å². The molecule has 1 N–H and O–H groups in total. The van der Waals surface area contributed by atoms with E-state index in [4.69, 9.17) is 11.6 Å². The molecule has 1 aromatic carbocycles. The predicted octanol–water partition coefficient (Wildman–Crippen LogP) is 4.37. The van der Waals surface area contributed by atoms with Crippen molar-refractivity contribution in [2.75, 3.05) is 11.9 Å². The predicted molar refractivity (Wildman–Crippen MR) is 83.7 cm³/mol. The first-order chi connectivity index (χ1) is 9.22. The highest BCUT2D eigenvalue weighted by Gasteiger charge is 2.06. The maximum Gasteiger partial charge on any atom is 0.183 e. The van der Waals surface area contributed by atoms with Crippen LogP contribution in [0, 0.1) is 6.92 Å². The highest BCUT2D eigenvalue weighted by atomic mass is 35.5. The molecule has 0 fully saturated rings. The Morgan fingerprint density at radius 1 is 1.32 bits per heavy atom. The number of aryl methyl sites for hydroxylation is 1. The second-order valence-corrected chi connectivity index (χ2v) is 6.61. The highest BCUT2D eigenvalue weighted by Crippen LogP contribution is 2.31. The number of thiazole rings is 2. The minimum absolute atomic E-state index is 0.762. The molecule has 0 amide bonds. The Morgan fingerprint density at radius 2 is 2.21 bits per heavy atom. The van der Waals surface area contributed by atoms with E-state index in [0.29, 0.717) is 0 Å². The SMILES string of the molecule is Cc1nc(CCNc2nc3cccc(Cl)c3s2)cs1. The summed E-state index contributed by atoms with van der Waals surface area (Å²) in [6, 6.07) is 5.79. The number of benzene rings is 1. The number of aromatic nitrogens is 2. The van der Waals surface area contributed by atoms with E-state index in [1.165, 1.54) is 0 Å². The lowest BCUT2D eigenvalue weighted by Gasteiger charge is -1.99. The first-order valence-corrected chi connectivity index (χ1v) is 8.00. The summed E-state index contributed by atoms with van der Waals surface area (Å²) >= 11 is 9.42. The Kier molecular flexibility index (Phi) is 3.68. The summed E-state index contributed by atoms with van der Waals surface area (Å²) in [5, 5.41) is 8.22. The molecule has 0 aliphatic rings. The second-order valence-electron chi connectivity index (χ2n) is 4.14. The van der Waals surface area contributed by atoms with Gasteiger partial charge < -0.3 is 5.32 Å². The summed E-state index contributed by atoms with van der Waals surface area (Å²) in [4.78, 5) is 8.95. The molecule has 0 atom stereocenters. The van der Waals surface area contributed by atoms with Gasteiger partial charge in [-0.1, -0.05) is 29.0 Å². The fourth-order valence-electron chi connectivity index (χ4n) is 1.81. The normalized spacial score (nSPS) is 11.1. The first kappa shape index (κ1) is 12.8. The summed E-state index contributed by atoms with van der Waals surface area (Å²) < 4.78 is 1.04. The summed E-state index contributed by atoms with van der Waals surface area (Å²) in [7, 11) is 0. The molecule has 3 rings (SSSR count). The van der Waals surface area contributed by atoms with E-state index >= 15 is 0 Å². The zero-order valence-electron chi connectivity index (χ0n) is 10.3. The third kappa shape index (κ3) is 2.88. The van der Waals surface area contributed by atoms with Crippen LogP contribution in [0.4, 0.5) is 5.13 Å². The summed E-state index contributed by atoms with van der Waals surface area (Å²) in [5.74, 6) is 0. The quantitative estimate of drug-likeness (QED) is 0.777. The Hall–Kier alpha value is -1.17. The zero-order chi connectivity index (χ0) is 13.2. The molecule has 98 valence electrons. The lowest BCUT2D eigenvalue weighted by molar-refractivity contribution is 0.967. The molecule has 6 heteroatoms. The van der Waals surface area contributed by atoms with Crippen LogP contribution >= 0.6 is 34.3 Å². The van der Waals surface area contributed by atoms with Crippen LogP contribution in [-0.4, -0.2) is 16.5 Å². The van der Waals surface area contributed by atoms with Crippen molar-refractivity contribution >= 4 is 49.6 Å². The maximum atomic E-state index is 6.14. The summed E-state index contributed by atoms with van der Waals surface area (Å²) in [6.45, 7) is 2.86. The van der Waals surface area contributed by atoms with Gasteiger partial charge in [-0.25, -0.2) is 9.97 Å². The van der Waals surface area contributed by atoms with Crippen molar-refractivity contribution in [2.24, 2.45) is 0 Å². The van der Waals surface area contributed by atoms with Gasteiger partial charge >= 0.3 is 0 Å². The Balaban J connectivity index is 1.67. The molecule has 0 saturated heterocycles. The van der Waals surface area contributed by atoms with Crippen molar-refractivity contribution in [2.45, 2.75) is 13.3 Å². The third-order valence-electron chi connectivity index (χ3n) is 2.69. The van der Waals surface area contributed by atoms with Crippen molar-refractivity contribution in [3.63, 3.8) is 0 Å². The topological polar surface area (TPSA) is 37.8 Å². The molecule has 3 nitrogen and oxygen atoms in total. The van der Waals surface area contributed by atoms with E-state index in [0.717, 1.165) is 44.0 Å². The van der Waals surface area contributed by atoms with E-state index < -0.39 is 0 Å². The van der Waals surface area contributed by atoms with Crippen LogP contribution in [0.1, 0.15) is 10.7 Å². The third-order valence-corrected chi connectivity index (χ3v) is 5.00. The molecule has 0 radical (unpaired) electrons. The average molecular weight is 310 g/mol. The monoisotopic (exact) mass is 309 g/mol. The number of nitrogens with zero attached hydrogens (tertiary/aromatic N) is 2. The standard InChI is InChI=1S/C13H12ClN3S2/c1-8-16-9(7-18-8)5-6-15-13-17-11-4-2-3-10(14)12(11)19-13/h2-4,7H,5-6H2,1H3,(H,15,17). The molecule has 2 heterocycles. The van der Waals surface area contributed by atoms with Crippen LogP contribution in [0.2, 0.25) is 5.02 Å². The smallest absolute Gasteiger partial charge is 0.183 e. The number of fused-ring (bicyclic) bond motifs is 1. The summed E-state index contributed by atoms with van der Waals surface area (Å²) in [6.07, 6.45) is 0.911. The van der Waals surface area contributed by atoms with Gasteiger partial charge in [-0.3, -0.25) is 0 Å². The molecule has 0 unspecified atom stereocenters. The van der Waals surface area contributed by atoms with Gasteiger partial charge in [-0.2, -0.15) is 0 Å². The number of rotatable bonds is 4. The van der Waals surface area contributed by atoms with Gasteiger partial charge in [0.05, 0.1) is 25.9 Å². The number of halogens is 1. The van der Waals surface area contributed by atoms with Gasteiger partial charge in [-0.05, 0) is 19.1 Å². The van der Waals surface area contributed by atoms with E-state index in [1.807, 2.05) is 25.1 Å². The van der Waals surface area contributed by atoms with Gasteiger partial charge in [0, 0.05) is 18.3 Å². The largest absolute Gasteiger partial charge is 0.361 e. The Morgan fingerprint density at radius 3 is 2.95 bits per heavy atom. The second kappa shape index (κ2) is 5.45. The molecular formula is C13H12ClN3S2. The Labute approximate surface area is 124 Å². The maximum absolute atomic E-state index is 6.14. The van der Waals surface area contributed by atoms with Crippen molar-refractivity contribution < 1.29 is 0 Å². The van der Waals surface area contributed by atoms with Gasteiger partial charge in [0.2, 0.25) is 0 Å². The van der Waals surface area contributed by atoms with Crippen LogP contribution < -0.4 is 5.32 Å². The van der Waals surface area contributed by atoms with Crippen molar-refractivity contribution in [1.29, 1.82) is 0 Å². The average Bonchev–Trinajstić information content (AvgIpc) is 2.97. The Bertz CT molecular complexity index is 705. The highest BCUT2D eigenvalue weighted by molar-refractivity contribution is 7.22. The van der Waals surface area contributed by atoms with Gasteiger partial charge in [0.1, 0.15) is 0 Å². The fraction of sp³-hybridized carbons (Fsp3) is 0.231. The van der Waals surface area contributed by atoms with Crippen LogP contribution in [0.3, 0.4) is 0 Å². The number of nitrogens with one attached hydrogen (secondary N) is 1. The lowest BCUT2D eigenvalue weighted by atomic mass is 10.3. The van der Waals surface area contributed by atoms with Gasteiger partial charge in [0.25, 0.3) is 0 Å². The van der Waals surface area contributed by atoms with E-state index in [9.17, 15) is 0 Å². The first-order valence-electron chi connectivity index (χ1n) is 5.92. The lowest BCUT2D eigenvalue weighted by Crippen LogP contribution is -2.04. The van der Waals surface area contributed by atoms with Crippen LogP contribution in [-0.2, 0) is 6.42 Å². The molecular weight excluding hydrogens is 298 g/mol. The molecule has 0 aliphatic heterocycles. The zero-order valence-corrected chi connectivity index (χ0v) is 12.7. The number of anilines is 1. The molecule has 0 bridgehead atoms. The minimum atomic E-state index is 0.762. The number of hydrogen-bond donors (Lipinski definition) is 1.